The quantitative estimate of drug-likeness (QED) is 0.663. The maximum atomic E-state index is 13.4. The Labute approximate surface area is 152 Å². The number of thioether (sulfide) groups is 1. The monoisotopic (exact) mass is 380 g/mol. The van der Waals surface area contributed by atoms with Gasteiger partial charge in [-0.1, -0.05) is 36.4 Å². The highest BCUT2D eigenvalue weighted by Crippen LogP contribution is 2.32. The van der Waals surface area contributed by atoms with Gasteiger partial charge in [0.25, 0.3) is 5.91 Å². The highest BCUT2D eigenvalue weighted by molar-refractivity contribution is 8.14. The van der Waals surface area contributed by atoms with E-state index < -0.39 is 5.82 Å². The lowest BCUT2D eigenvalue weighted by molar-refractivity contribution is -0.113. The number of nitrogens with zero attached hydrogens (tertiary/aromatic N) is 2. The molecule has 0 N–H and O–H groups in total. The van der Waals surface area contributed by atoms with Crippen LogP contribution in [0.25, 0.3) is 6.08 Å². The second-order valence-corrected chi connectivity index (χ2v) is 7.48. The molecule has 3 rings (SSSR count). The predicted octanol–water partition coefficient (Wildman–Crippen LogP) is 5.43. The summed E-state index contributed by atoms with van der Waals surface area (Å²) in [5, 5.41) is 2.52. The van der Waals surface area contributed by atoms with Gasteiger partial charge in [0.15, 0.2) is 5.17 Å². The van der Waals surface area contributed by atoms with Crippen molar-refractivity contribution in [1.82, 2.24) is 0 Å². The first kappa shape index (κ1) is 17.2. The summed E-state index contributed by atoms with van der Waals surface area (Å²) in [6.45, 7) is 2.06. The third-order valence-electron chi connectivity index (χ3n) is 3.25. The standard InChI is InChI=1S/C17H14ClFN2OS2/c1-2-7-24-17-20-15(10-12-4-3-8-23-12)16(22)21(17)11-5-6-14(19)13(18)9-11/h3-6,8-10H,2,7H2,1H3/b15-10+. The van der Waals surface area contributed by atoms with Gasteiger partial charge in [0.1, 0.15) is 11.5 Å². The number of amides is 1. The van der Waals surface area contributed by atoms with Crippen molar-refractivity contribution in [3.8, 4) is 0 Å². The van der Waals surface area contributed by atoms with E-state index in [0.29, 0.717) is 16.6 Å². The molecule has 0 saturated carbocycles. The van der Waals surface area contributed by atoms with Crippen LogP contribution in [0.1, 0.15) is 18.2 Å². The van der Waals surface area contributed by atoms with Crippen molar-refractivity contribution >= 4 is 57.5 Å². The molecule has 3 nitrogen and oxygen atoms in total. The zero-order valence-corrected chi connectivity index (χ0v) is 15.2. The van der Waals surface area contributed by atoms with Crippen molar-refractivity contribution in [1.29, 1.82) is 0 Å². The number of aliphatic imine (C=N–C) groups is 1. The maximum absolute atomic E-state index is 13.4. The van der Waals surface area contributed by atoms with Crippen LogP contribution in [0.4, 0.5) is 10.1 Å². The average Bonchev–Trinajstić information content (AvgIpc) is 3.17. The molecule has 2 heterocycles. The molecule has 0 bridgehead atoms. The summed E-state index contributed by atoms with van der Waals surface area (Å²) in [5.74, 6) is 0.0925. The Morgan fingerprint density at radius 2 is 2.25 bits per heavy atom. The van der Waals surface area contributed by atoms with Crippen LogP contribution in [-0.4, -0.2) is 16.8 Å². The SMILES string of the molecule is CCCSC1=N/C(=C/c2cccs2)C(=O)N1c1ccc(F)c(Cl)c1. The molecule has 0 unspecified atom stereocenters. The number of hydrogen-bond donors (Lipinski definition) is 0. The van der Waals surface area contributed by atoms with E-state index in [9.17, 15) is 9.18 Å². The van der Waals surface area contributed by atoms with Crippen molar-refractivity contribution in [2.75, 3.05) is 10.7 Å². The molecule has 1 amide bonds. The number of carbonyl (C=O) groups excluding carboxylic acids is 1. The van der Waals surface area contributed by atoms with Crippen LogP contribution in [0.3, 0.4) is 0 Å². The van der Waals surface area contributed by atoms with E-state index in [1.807, 2.05) is 17.5 Å². The molecule has 1 aliphatic rings. The van der Waals surface area contributed by atoms with Crippen molar-refractivity contribution < 1.29 is 9.18 Å². The van der Waals surface area contributed by atoms with E-state index in [4.69, 9.17) is 11.6 Å². The van der Waals surface area contributed by atoms with E-state index in [0.717, 1.165) is 17.1 Å². The number of thiophene rings is 1. The van der Waals surface area contributed by atoms with Crippen molar-refractivity contribution in [3.05, 3.63) is 57.1 Å². The topological polar surface area (TPSA) is 32.7 Å². The van der Waals surface area contributed by atoms with Crippen LogP contribution in [0.2, 0.25) is 5.02 Å². The first-order valence-corrected chi connectivity index (χ1v) is 9.60. The third kappa shape index (κ3) is 3.55. The van der Waals surface area contributed by atoms with Crippen molar-refractivity contribution in [3.63, 3.8) is 0 Å². The Morgan fingerprint density at radius 1 is 1.42 bits per heavy atom. The van der Waals surface area contributed by atoms with Crippen molar-refractivity contribution in [2.24, 2.45) is 4.99 Å². The first-order chi connectivity index (χ1) is 11.6. The van der Waals surface area contributed by atoms with Gasteiger partial charge in [-0.15, -0.1) is 11.3 Å². The van der Waals surface area contributed by atoms with Gasteiger partial charge in [-0.05, 0) is 42.1 Å². The van der Waals surface area contributed by atoms with Gasteiger partial charge in [-0.2, -0.15) is 0 Å². The average molecular weight is 381 g/mol. The number of carbonyl (C=O) groups is 1. The molecule has 0 radical (unpaired) electrons. The molecule has 7 heteroatoms. The largest absolute Gasteiger partial charge is 0.283 e. The fraction of sp³-hybridized carbons (Fsp3) is 0.176. The molecule has 1 aliphatic heterocycles. The first-order valence-electron chi connectivity index (χ1n) is 7.36. The Kier molecular flexibility index (Phi) is 5.38. The molecule has 124 valence electrons. The van der Waals surface area contributed by atoms with Gasteiger partial charge in [-0.3, -0.25) is 9.69 Å². The molecule has 0 fully saturated rings. The highest BCUT2D eigenvalue weighted by Gasteiger charge is 2.32. The lowest BCUT2D eigenvalue weighted by Gasteiger charge is -2.18. The number of rotatable bonds is 4. The minimum absolute atomic E-state index is 0.0178. The molecule has 0 spiro atoms. The lowest BCUT2D eigenvalue weighted by Crippen LogP contribution is -2.30. The van der Waals surface area contributed by atoms with Crippen LogP contribution in [-0.2, 0) is 4.79 Å². The molecule has 2 aromatic rings. The molecule has 0 aliphatic carbocycles. The highest BCUT2D eigenvalue weighted by atomic mass is 35.5. The van der Waals surface area contributed by atoms with Crippen LogP contribution in [0.5, 0.6) is 0 Å². The van der Waals surface area contributed by atoms with Crippen LogP contribution >= 0.6 is 34.7 Å². The number of benzene rings is 1. The molecule has 0 atom stereocenters. The summed E-state index contributed by atoms with van der Waals surface area (Å²) in [6, 6.07) is 8.09. The van der Waals surface area contributed by atoms with E-state index >= 15 is 0 Å². The third-order valence-corrected chi connectivity index (χ3v) is 5.50. The Bertz CT molecular complexity index is 818. The summed E-state index contributed by atoms with van der Waals surface area (Å²) in [6.07, 6.45) is 2.73. The van der Waals surface area contributed by atoms with Gasteiger partial charge in [0.2, 0.25) is 0 Å². The molecule has 1 aromatic carbocycles. The zero-order valence-electron chi connectivity index (χ0n) is 12.8. The lowest BCUT2D eigenvalue weighted by atomic mass is 10.2. The van der Waals surface area contributed by atoms with Gasteiger partial charge < -0.3 is 0 Å². The van der Waals surface area contributed by atoms with Gasteiger partial charge in [0, 0.05) is 10.6 Å². The summed E-state index contributed by atoms with van der Waals surface area (Å²) >= 11 is 8.91. The van der Waals surface area contributed by atoms with Crippen LogP contribution in [0.15, 0.2) is 46.4 Å². The van der Waals surface area contributed by atoms with Crippen molar-refractivity contribution in [2.45, 2.75) is 13.3 Å². The fourth-order valence-corrected chi connectivity index (χ4v) is 3.84. The van der Waals surface area contributed by atoms with Gasteiger partial charge in [-0.25, -0.2) is 9.38 Å². The Hall–Kier alpha value is -1.63. The number of hydrogen-bond acceptors (Lipinski definition) is 4. The summed E-state index contributed by atoms with van der Waals surface area (Å²) in [4.78, 5) is 19.7. The molecular formula is C17H14ClFN2OS2. The smallest absolute Gasteiger partial charge is 0.266 e. The fourth-order valence-electron chi connectivity index (χ4n) is 2.15. The number of amidine groups is 1. The molecule has 1 aromatic heterocycles. The molecule has 24 heavy (non-hydrogen) atoms. The minimum atomic E-state index is -0.513. The second-order valence-electron chi connectivity index (χ2n) is 5.03. The molecular weight excluding hydrogens is 367 g/mol. The number of anilines is 1. The Balaban J connectivity index is 1.98. The van der Waals surface area contributed by atoms with E-state index in [1.54, 1.807) is 6.08 Å². The minimum Gasteiger partial charge on any atom is -0.266 e. The van der Waals surface area contributed by atoms with E-state index in [2.05, 4.69) is 11.9 Å². The van der Waals surface area contributed by atoms with Gasteiger partial charge in [0.05, 0.1) is 10.7 Å². The predicted molar refractivity (Wildman–Crippen MR) is 101 cm³/mol. The zero-order chi connectivity index (χ0) is 17.1. The normalized spacial score (nSPS) is 16.1. The van der Waals surface area contributed by atoms with Crippen LogP contribution in [0, 0.1) is 5.82 Å². The van der Waals surface area contributed by atoms with Crippen LogP contribution < -0.4 is 4.90 Å². The van der Waals surface area contributed by atoms with E-state index in [1.165, 1.54) is 46.2 Å². The summed E-state index contributed by atoms with van der Waals surface area (Å²) in [5.41, 5.74) is 0.889. The van der Waals surface area contributed by atoms with Gasteiger partial charge >= 0.3 is 0 Å². The molecule has 0 saturated heterocycles. The summed E-state index contributed by atoms with van der Waals surface area (Å²) < 4.78 is 13.4. The summed E-state index contributed by atoms with van der Waals surface area (Å²) in [7, 11) is 0. The second kappa shape index (κ2) is 7.51. The van der Waals surface area contributed by atoms with E-state index in [-0.39, 0.29) is 10.9 Å². The maximum Gasteiger partial charge on any atom is 0.283 e. The Morgan fingerprint density at radius 3 is 2.92 bits per heavy atom. The number of halogens is 2.